The van der Waals surface area contributed by atoms with Crippen LogP contribution in [0.3, 0.4) is 0 Å². The molecule has 0 saturated heterocycles. The number of fused-ring (bicyclic) bond motifs is 1. The van der Waals surface area contributed by atoms with E-state index < -0.39 is 0 Å². The number of nitrogens with one attached hydrogen (secondary N) is 1. The number of carbonyl (C=O) groups is 1. The van der Waals surface area contributed by atoms with Gasteiger partial charge in [0.25, 0.3) is 5.91 Å². The second kappa shape index (κ2) is 5.73. The molecule has 0 aliphatic carbocycles. The molecule has 3 rings (SSSR count). The third-order valence-electron chi connectivity index (χ3n) is 3.23. The van der Waals surface area contributed by atoms with Crippen LogP contribution in [0.1, 0.15) is 10.4 Å². The standard InChI is InChI=1S/C17H12INO2/c18-12-5-3-6-13(10-12)19-17(21)15-9-8-11-4-1-2-7-14(11)16(15)20/h1-10,20H,(H,19,21). The van der Waals surface area contributed by atoms with E-state index in [4.69, 9.17) is 0 Å². The summed E-state index contributed by atoms with van der Waals surface area (Å²) in [5, 5.41) is 14.7. The highest BCUT2D eigenvalue weighted by Gasteiger charge is 2.13. The van der Waals surface area contributed by atoms with Gasteiger partial charge in [-0.25, -0.2) is 0 Å². The van der Waals surface area contributed by atoms with Crippen LogP contribution in [0.5, 0.6) is 5.75 Å². The molecule has 0 bridgehead atoms. The maximum atomic E-state index is 12.3. The quantitative estimate of drug-likeness (QED) is 0.639. The number of hydrogen-bond donors (Lipinski definition) is 2. The number of amides is 1. The second-order valence-corrected chi connectivity index (χ2v) is 5.89. The first kappa shape index (κ1) is 13.9. The van der Waals surface area contributed by atoms with Crippen molar-refractivity contribution >= 4 is 45.0 Å². The van der Waals surface area contributed by atoms with Gasteiger partial charge in [-0.15, -0.1) is 0 Å². The maximum Gasteiger partial charge on any atom is 0.259 e. The summed E-state index contributed by atoms with van der Waals surface area (Å²) in [6, 6.07) is 18.4. The summed E-state index contributed by atoms with van der Waals surface area (Å²) in [5.74, 6) is -0.309. The van der Waals surface area contributed by atoms with E-state index in [9.17, 15) is 9.90 Å². The molecule has 0 fully saturated rings. The van der Waals surface area contributed by atoms with Gasteiger partial charge in [-0.05, 0) is 52.2 Å². The van der Waals surface area contributed by atoms with Crippen molar-refractivity contribution in [1.29, 1.82) is 0 Å². The van der Waals surface area contributed by atoms with Crippen LogP contribution < -0.4 is 5.32 Å². The molecule has 21 heavy (non-hydrogen) atoms. The van der Waals surface area contributed by atoms with E-state index in [0.29, 0.717) is 11.1 Å². The lowest BCUT2D eigenvalue weighted by Crippen LogP contribution is -2.12. The molecule has 3 aromatic carbocycles. The average molecular weight is 389 g/mol. The predicted molar refractivity (Wildman–Crippen MR) is 92.7 cm³/mol. The smallest absolute Gasteiger partial charge is 0.259 e. The summed E-state index contributed by atoms with van der Waals surface area (Å²) < 4.78 is 1.04. The van der Waals surface area contributed by atoms with Gasteiger partial charge >= 0.3 is 0 Å². The lowest BCUT2D eigenvalue weighted by molar-refractivity contribution is 0.102. The third-order valence-corrected chi connectivity index (χ3v) is 3.90. The van der Waals surface area contributed by atoms with Gasteiger partial charge in [-0.1, -0.05) is 36.4 Å². The molecule has 0 aliphatic rings. The minimum atomic E-state index is -0.319. The first-order valence-electron chi connectivity index (χ1n) is 6.43. The normalized spacial score (nSPS) is 10.5. The first-order chi connectivity index (χ1) is 10.1. The van der Waals surface area contributed by atoms with Gasteiger partial charge in [0.15, 0.2) is 0 Å². The Morgan fingerprint density at radius 2 is 1.81 bits per heavy atom. The van der Waals surface area contributed by atoms with Gasteiger partial charge in [0, 0.05) is 14.6 Å². The van der Waals surface area contributed by atoms with E-state index in [1.54, 1.807) is 12.1 Å². The Morgan fingerprint density at radius 1 is 1.00 bits per heavy atom. The van der Waals surface area contributed by atoms with Crippen LogP contribution in [0.4, 0.5) is 5.69 Å². The highest BCUT2D eigenvalue weighted by Crippen LogP contribution is 2.29. The number of carbonyl (C=O) groups excluding carboxylic acids is 1. The van der Waals surface area contributed by atoms with Crippen molar-refractivity contribution in [3.63, 3.8) is 0 Å². The monoisotopic (exact) mass is 389 g/mol. The van der Waals surface area contributed by atoms with E-state index in [0.717, 1.165) is 8.96 Å². The minimum Gasteiger partial charge on any atom is -0.506 e. The minimum absolute atomic E-state index is 0.0104. The Bertz CT molecular complexity index is 830. The molecule has 4 heteroatoms. The van der Waals surface area contributed by atoms with Gasteiger partial charge < -0.3 is 10.4 Å². The lowest BCUT2D eigenvalue weighted by atomic mass is 10.0. The number of rotatable bonds is 2. The van der Waals surface area contributed by atoms with E-state index in [1.165, 1.54) is 0 Å². The van der Waals surface area contributed by atoms with Gasteiger partial charge in [-0.2, -0.15) is 0 Å². The predicted octanol–water partition coefficient (Wildman–Crippen LogP) is 4.40. The van der Waals surface area contributed by atoms with E-state index in [1.807, 2.05) is 48.5 Å². The highest BCUT2D eigenvalue weighted by atomic mass is 127. The number of phenols is 1. The summed E-state index contributed by atoms with van der Waals surface area (Å²) in [5.41, 5.74) is 0.979. The molecule has 0 unspecified atom stereocenters. The zero-order valence-corrected chi connectivity index (χ0v) is 13.2. The van der Waals surface area contributed by atoms with Crippen molar-refractivity contribution in [3.05, 3.63) is 69.8 Å². The number of halogens is 1. The van der Waals surface area contributed by atoms with Crippen molar-refractivity contribution in [2.24, 2.45) is 0 Å². The van der Waals surface area contributed by atoms with Crippen LogP contribution in [-0.4, -0.2) is 11.0 Å². The summed E-state index contributed by atoms with van der Waals surface area (Å²) in [4.78, 5) is 12.3. The van der Waals surface area contributed by atoms with Crippen molar-refractivity contribution in [2.45, 2.75) is 0 Å². The molecule has 3 aromatic rings. The van der Waals surface area contributed by atoms with Gasteiger partial charge in [0.1, 0.15) is 5.75 Å². The third kappa shape index (κ3) is 2.85. The van der Waals surface area contributed by atoms with Crippen LogP contribution in [-0.2, 0) is 0 Å². The van der Waals surface area contributed by atoms with E-state index in [-0.39, 0.29) is 17.2 Å². The lowest BCUT2D eigenvalue weighted by Gasteiger charge is -2.09. The highest BCUT2D eigenvalue weighted by molar-refractivity contribution is 14.1. The molecule has 2 N–H and O–H groups in total. The Labute approximate surface area is 135 Å². The zero-order chi connectivity index (χ0) is 14.8. The van der Waals surface area contributed by atoms with Crippen molar-refractivity contribution in [3.8, 4) is 5.75 Å². The molecular formula is C17H12INO2. The molecule has 0 aromatic heterocycles. The fourth-order valence-electron chi connectivity index (χ4n) is 2.20. The van der Waals surface area contributed by atoms with E-state index in [2.05, 4.69) is 27.9 Å². The fraction of sp³-hybridized carbons (Fsp3) is 0. The molecule has 0 atom stereocenters. The Morgan fingerprint density at radius 3 is 2.62 bits per heavy atom. The maximum absolute atomic E-state index is 12.3. The number of benzene rings is 3. The molecule has 0 radical (unpaired) electrons. The summed E-state index contributed by atoms with van der Waals surface area (Å²) >= 11 is 2.18. The summed E-state index contributed by atoms with van der Waals surface area (Å²) in [6.07, 6.45) is 0. The summed E-state index contributed by atoms with van der Waals surface area (Å²) in [7, 11) is 0. The van der Waals surface area contributed by atoms with Gasteiger partial charge in [0.05, 0.1) is 5.56 Å². The Balaban J connectivity index is 1.96. The fourth-order valence-corrected chi connectivity index (χ4v) is 2.75. The number of phenolic OH excluding ortho intramolecular Hbond substituents is 1. The van der Waals surface area contributed by atoms with Crippen LogP contribution in [0.15, 0.2) is 60.7 Å². The molecule has 3 nitrogen and oxygen atoms in total. The zero-order valence-electron chi connectivity index (χ0n) is 11.0. The van der Waals surface area contributed by atoms with Crippen LogP contribution in [0, 0.1) is 3.57 Å². The molecule has 0 heterocycles. The first-order valence-corrected chi connectivity index (χ1v) is 7.50. The van der Waals surface area contributed by atoms with Gasteiger partial charge in [-0.3, -0.25) is 4.79 Å². The van der Waals surface area contributed by atoms with Gasteiger partial charge in [0.2, 0.25) is 0 Å². The van der Waals surface area contributed by atoms with Crippen molar-refractivity contribution in [2.75, 3.05) is 5.32 Å². The van der Waals surface area contributed by atoms with Crippen LogP contribution in [0.2, 0.25) is 0 Å². The molecule has 1 amide bonds. The number of aromatic hydroxyl groups is 1. The van der Waals surface area contributed by atoms with Crippen LogP contribution in [0.25, 0.3) is 10.8 Å². The molecule has 0 aliphatic heterocycles. The SMILES string of the molecule is O=C(Nc1cccc(I)c1)c1ccc2ccccc2c1O. The topological polar surface area (TPSA) is 49.3 Å². The van der Waals surface area contributed by atoms with Crippen LogP contribution >= 0.6 is 22.6 Å². The average Bonchev–Trinajstić information content (AvgIpc) is 2.48. The Hall–Kier alpha value is -2.08. The molecule has 0 saturated carbocycles. The molecule has 104 valence electrons. The number of anilines is 1. The molecular weight excluding hydrogens is 377 g/mol. The largest absolute Gasteiger partial charge is 0.506 e. The van der Waals surface area contributed by atoms with E-state index >= 15 is 0 Å². The van der Waals surface area contributed by atoms with Crippen molar-refractivity contribution < 1.29 is 9.90 Å². The Kier molecular flexibility index (Phi) is 3.79. The molecule has 0 spiro atoms. The second-order valence-electron chi connectivity index (χ2n) is 4.65. The summed E-state index contributed by atoms with van der Waals surface area (Å²) in [6.45, 7) is 0. The number of hydrogen-bond acceptors (Lipinski definition) is 2. The van der Waals surface area contributed by atoms with Crippen molar-refractivity contribution in [1.82, 2.24) is 0 Å².